The summed E-state index contributed by atoms with van der Waals surface area (Å²) < 4.78 is 8.31. The predicted molar refractivity (Wildman–Crippen MR) is 146 cm³/mol. The fraction of sp³-hybridized carbons (Fsp3) is 0.692. The summed E-state index contributed by atoms with van der Waals surface area (Å²) in [5.74, 6) is 1.30. The topological polar surface area (TPSA) is 105 Å². The third kappa shape index (κ3) is 6.92. The van der Waals surface area contributed by atoms with Crippen molar-refractivity contribution in [3.05, 3.63) is 23.8 Å². The molecule has 0 aromatic carbocycles. The maximum absolute atomic E-state index is 13.0. The second-order valence-electron chi connectivity index (χ2n) is 12.1. The number of nitrogens with zero attached hydrogens (tertiary/aromatic N) is 5. The number of carbonyl (C=O) groups is 1. The number of aromatic nitrogens is 4. The van der Waals surface area contributed by atoms with Gasteiger partial charge in [-0.25, -0.2) is 15.0 Å². The van der Waals surface area contributed by atoms with E-state index in [0.717, 1.165) is 36.3 Å². The molecule has 0 saturated heterocycles. The number of nitrogens with one attached hydrogen (secondary N) is 1. The van der Waals surface area contributed by atoms with E-state index in [1.165, 1.54) is 0 Å². The van der Waals surface area contributed by atoms with Gasteiger partial charge in [0.1, 0.15) is 11.5 Å². The lowest BCUT2D eigenvalue weighted by Crippen LogP contribution is -2.53. The van der Waals surface area contributed by atoms with Crippen LogP contribution in [0.5, 0.6) is 0 Å². The van der Waals surface area contributed by atoms with Crippen molar-refractivity contribution in [3.8, 4) is 11.5 Å². The summed E-state index contributed by atoms with van der Waals surface area (Å²) in [6, 6.07) is 0. The van der Waals surface area contributed by atoms with Gasteiger partial charge in [0, 0.05) is 37.7 Å². The number of fused-ring (bicyclic) bond motifs is 1. The summed E-state index contributed by atoms with van der Waals surface area (Å²) in [5, 5.41) is 12.4. The maximum atomic E-state index is 13.0. The zero-order valence-corrected chi connectivity index (χ0v) is 24.3. The third-order valence-electron chi connectivity index (χ3n) is 7.17. The Morgan fingerprint density at radius 1 is 1.22 bits per heavy atom. The van der Waals surface area contributed by atoms with Crippen LogP contribution in [0.1, 0.15) is 58.7 Å². The number of imidazole rings is 1. The number of hydrogen-bond acceptors (Lipinski definition) is 7. The molecular formula is C26H44N6O3Si. The minimum atomic E-state index is -1.91. The molecule has 1 aliphatic rings. The van der Waals surface area contributed by atoms with Crippen LogP contribution in [-0.4, -0.2) is 71.2 Å². The van der Waals surface area contributed by atoms with Gasteiger partial charge < -0.3 is 24.3 Å². The number of aliphatic hydroxyl groups is 1. The van der Waals surface area contributed by atoms with Gasteiger partial charge in [-0.1, -0.05) is 20.8 Å². The van der Waals surface area contributed by atoms with Crippen LogP contribution in [0.25, 0.3) is 11.5 Å². The van der Waals surface area contributed by atoms with E-state index in [1.54, 1.807) is 6.33 Å². The van der Waals surface area contributed by atoms with Crippen molar-refractivity contribution in [2.45, 2.75) is 90.5 Å². The van der Waals surface area contributed by atoms with Crippen molar-refractivity contribution in [1.29, 1.82) is 0 Å². The van der Waals surface area contributed by atoms with Crippen molar-refractivity contribution in [2.24, 2.45) is 0 Å². The Morgan fingerprint density at radius 3 is 2.61 bits per heavy atom. The highest BCUT2D eigenvalue weighted by molar-refractivity contribution is 6.74. The van der Waals surface area contributed by atoms with E-state index in [-0.39, 0.29) is 24.1 Å². The predicted octanol–water partition coefficient (Wildman–Crippen LogP) is 3.56. The Labute approximate surface area is 216 Å². The Morgan fingerprint density at radius 2 is 1.94 bits per heavy atom. The SMILES string of the molecule is CN(CC(=O)NC(C)(C)CO[Si](C)(C)C(C)(C)C)c1nc(-c2cn(CCCO)cn2)nc2c1CCC2. The van der Waals surface area contributed by atoms with E-state index in [1.807, 2.05) is 36.6 Å². The highest BCUT2D eigenvalue weighted by atomic mass is 28.4. The molecule has 0 bridgehead atoms. The van der Waals surface area contributed by atoms with Crippen LogP contribution in [0.2, 0.25) is 18.1 Å². The first-order valence-electron chi connectivity index (χ1n) is 12.9. The number of aryl methyl sites for hydroxylation is 2. The van der Waals surface area contributed by atoms with Crippen LogP contribution in [0.3, 0.4) is 0 Å². The number of aliphatic hydroxyl groups excluding tert-OH is 1. The number of carbonyl (C=O) groups excluding carboxylic acids is 1. The molecule has 2 aromatic heterocycles. The van der Waals surface area contributed by atoms with Crippen molar-refractivity contribution in [3.63, 3.8) is 0 Å². The molecule has 0 saturated carbocycles. The maximum Gasteiger partial charge on any atom is 0.240 e. The first-order chi connectivity index (χ1) is 16.7. The zero-order valence-electron chi connectivity index (χ0n) is 23.3. The van der Waals surface area contributed by atoms with E-state index in [0.29, 0.717) is 31.1 Å². The summed E-state index contributed by atoms with van der Waals surface area (Å²) in [4.78, 5) is 29.1. The summed E-state index contributed by atoms with van der Waals surface area (Å²) >= 11 is 0. The summed E-state index contributed by atoms with van der Waals surface area (Å²) in [5.41, 5.74) is 2.38. The lowest BCUT2D eigenvalue weighted by atomic mass is 10.1. The van der Waals surface area contributed by atoms with Crippen molar-refractivity contribution in [1.82, 2.24) is 24.8 Å². The molecule has 2 heterocycles. The van der Waals surface area contributed by atoms with Crippen molar-refractivity contribution >= 4 is 20.0 Å². The minimum absolute atomic E-state index is 0.0680. The first kappa shape index (κ1) is 28.3. The van der Waals surface area contributed by atoms with Gasteiger partial charge in [0.25, 0.3) is 0 Å². The Hall–Kier alpha value is -2.30. The monoisotopic (exact) mass is 516 g/mol. The first-order valence-corrected chi connectivity index (χ1v) is 15.8. The van der Waals surface area contributed by atoms with Crippen molar-refractivity contribution in [2.75, 3.05) is 31.7 Å². The number of rotatable bonds is 11. The fourth-order valence-electron chi connectivity index (χ4n) is 4.01. The minimum Gasteiger partial charge on any atom is -0.414 e. The molecule has 0 spiro atoms. The molecule has 2 N–H and O–H groups in total. The van der Waals surface area contributed by atoms with E-state index in [9.17, 15) is 4.79 Å². The van der Waals surface area contributed by atoms with E-state index < -0.39 is 13.9 Å². The second kappa shape index (κ2) is 11.0. The average Bonchev–Trinajstić information content (AvgIpc) is 3.44. The smallest absolute Gasteiger partial charge is 0.240 e. The van der Waals surface area contributed by atoms with Crippen LogP contribution >= 0.6 is 0 Å². The number of likely N-dealkylation sites (N-methyl/N-ethyl adjacent to an activating group) is 1. The standard InChI is InChI=1S/C26H44N6O3Si/c1-25(2,3)36(7,8)35-17-26(4,5)30-22(34)16-31(6)24-19-11-9-12-20(19)28-23(29-24)21-15-32(18-27-21)13-10-14-33/h15,18,33H,9-14,16-17H2,1-8H3,(H,30,34). The third-order valence-corrected chi connectivity index (χ3v) is 11.6. The molecule has 1 amide bonds. The zero-order chi connectivity index (χ0) is 26.7. The second-order valence-corrected chi connectivity index (χ2v) is 16.9. The van der Waals surface area contributed by atoms with Gasteiger partial charge >= 0.3 is 0 Å². The molecule has 0 radical (unpaired) electrons. The van der Waals surface area contributed by atoms with Crippen molar-refractivity contribution < 1.29 is 14.3 Å². The molecular weight excluding hydrogens is 472 g/mol. The van der Waals surface area contributed by atoms with Gasteiger partial charge in [0.2, 0.25) is 5.91 Å². The van der Waals surface area contributed by atoms with Crippen LogP contribution in [0.15, 0.2) is 12.5 Å². The summed E-state index contributed by atoms with van der Waals surface area (Å²) in [6.07, 6.45) is 7.17. The molecule has 36 heavy (non-hydrogen) atoms. The van der Waals surface area contributed by atoms with Crippen LogP contribution in [0.4, 0.5) is 5.82 Å². The van der Waals surface area contributed by atoms with Gasteiger partial charge in [-0.3, -0.25) is 4.79 Å². The van der Waals surface area contributed by atoms with Gasteiger partial charge in [-0.05, 0) is 57.7 Å². The van der Waals surface area contributed by atoms with E-state index >= 15 is 0 Å². The van der Waals surface area contributed by atoms with E-state index in [2.05, 4.69) is 44.2 Å². The molecule has 3 rings (SSSR count). The normalized spacial score (nSPS) is 14.1. The summed E-state index contributed by atoms with van der Waals surface area (Å²) in [7, 11) is 0.000645. The highest BCUT2D eigenvalue weighted by Gasteiger charge is 2.38. The lowest BCUT2D eigenvalue weighted by Gasteiger charge is -2.39. The van der Waals surface area contributed by atoms with Crippen LogP contribution in [-0.2, 0) is 28.6 Å². The van der Waals surface area contributed by atoms with Gasteiger partial charge in [-0.15, -0.1) is 0 Å². The molecule has 200 valence electrons. The molecule has 0 unspecified atom stereocenters. The van der Waals surface area contributed by atoms with Gasteiger partial charge in [0.05, 0.1) is 25.0 Å². The number of anilines is 1. The quantitative estimate of drug-likeness (QED) is 0.440. The average molecular weight is 517 g/mol. The molecule has 9 nitrogen and oxygen atoms in total. The molecule has 1 aliphatic carbocycles. The Balaban J connectivity index is 1.71. The van der Waals surface area contributed by atoms with Gasteiger partial charge in [0.15, 0.2) is 14.1 Å². The highest BCUT2D eigenvalue weighted by Crippen LogP contribution is 2.37. The molecule has 10 heteroatoms. The summed E-state index contributed by atoms with van der Waals surface area (Å²) in [6.45, 7) is 16.6. The number of amides is 1. The molecule has 2 aromatic rings. The lowest BCUT2D eigenvalue weighted by molar-refractivity contribution is -0.121. The van der Waals surface area contributed by atoms with Crippen LogP contribution < -0.4 is 10.2 Å². The molecule has 0 fully saturated rings. The number of hydrogen-bond donors (Lipinski definition) is 2. The molecule has 0 aliphatic heterocycles. The Kier molecular flexibility index (Phi) is 8.62. The van der Waals surface area contributed by atoms with Gasteiger partial charge in [-0.2, -0.15) is 0 Å². The van der Waals surface area contributed by atoms with E-state index in [4.69, 9.17) is 19.5 Å². The largest absolute Gasteiger partial charge is 0.414 e. The molecule has 0 atom stereocenters. The Bertz CT molecular complexity index is 1060. The fourth-order valence-corrected chi connectivity index (χ4v) is 5.17. The van der Waals surface area contributed by atoms with Crippen LogP contribution in [0, 0.1) is 0 Å².